The van der Waals surface area contributed by atoms with E-state index in [9.17, 15) is 5.11 Å². The maximum absolute atomic E-state index is 10.9. The van der Waals surface area contributed by atoms with Gasteiger partial charge in [-0.3, -0.25) is 4.90 Å². The lowest BCUT2D eigenvalue weighted by Gasteiger charge is -2.29. The lowest BCUT2D eigenvalue weighted by atomic mass is 10.0. The lowest BCUT2D eigenvalue weighted by Crippen LogP contribution is -2.25. The van der Waals surface area contributed by atoms with Crippen molar-refractivity contribution in [2.45, 2.75) is 19.5 Å². The molecule has 0 aliphatic rings. The Bertz CT molecular complexity index is 1090. The number of hydrogen-bond donors (Lipinski definition) is 1. The highest BCUT2D eigenvalue weighted by atomic mass is 32.1. The number of ether oxygens (including phenoxy) is 1. The Morgan fingerprint density at radius 1 is 1.14 bits per heavy atom. The van der Waals surface area contributed by atoms with Gasteiger partial charge in [0, 0.05) is 12.1 Å². The highest BCUT2D eigenvalue weighted by Gasteiger charge is 2.29. The molecule has 2 aromatic heterocycles. The summed E-state index contributed by atoms with van der Waals surface area (Å²) in [5.74, 6) is 1.54. The summed E-state index contributed by atoms with van der Waals surface area (Å²) >= 11 is 1.45. The van der Waals surface area contributed by atoms with Gasteiger partial charge in [-0.05, 0) is 25.6 Å². The van der Waals surface area contributed by atoms with E-state index in [4.69, 9.17) is 4.74 Å². The quantitative estimate of drug-likeness (QED) is 0.535. The zero-order valence-electron chi connectivity index (χ0n) is 16.0. The van der Waals surface area contributed by atoms with Gasteiger partial charge in [-0.25, -0.2) is 4.98 Å². The molecule has 0 aliphatic carbocycles. The van der Waals surface area contributed by atoms with Gasteiger partial charge >= 0.3 is 0 Å². The number of benzene rings is 2. The minimum atomic E-state index is -0.204. The first kappa shape index (κ1) is 18.5. The van der Waals surface area contributed by atoms with Crippen LogP contribution in [0.2, 0.25) is 0 Å². The Labute approximate surface area is 167 Å². The predicted octanol–water partition coefficient (Wildman–Crippen LogP) is 4.03. The normalized spacial score (nSPS) is 12.6. The van der Waals surface area contributed by atoms with E-state index >= 15 is 0 Å². The van der Waals surface area contributed by atoms with Gasteiger partial charge in [-0.15, -0.1) is 5.10 Å². The van der Waals surface area contributed by atoms with Crippen molar-refractivity contribution in [2.75, 3.05) is 14.2 Å². The van der Waals surface area contributed by atoms with E-state index in [1.54, 1.807) is 7.11 Å². The Hall–Kier alpha value is -2.90. The average molecular weight is 395 g/mol. The third kappa shape index (κ3) is 3.34. The molecule has 0 bridgehead atoms. The van der Waals surface area contributed by atoms with Crippen molar-refractivity contribution in [1.82, 2.24) is 19.5 Å². The fourth-order valence-corrected chi connectivity index (χ4v) is 4.64. The molecule has 1 N–H and O–H groups in total. The first-order valence-corrected chi connectivity index (χ1v) is 9.82. The molecule has 28 heavy (non-hydrogen) atoms. The fourth-order valence-electron chi connectivity index (χ4n) is 3.46. The van der Waals surface area contributed by atoms with E-state index < -0.39 is 0 Å². The topological polar surface area (TPSA) is 62.9 Å². The summed E-state index contributed by atoms with van der Waals surface area (Å²) in [6.45, 7) is 2.54. The van der Waals surface area contributed by atoms with E-state index in [1.165, 1.54) is 21.4 Å². The number of methoxy groups -OCH3 is 1. The summed E-state index contributed by atoms with van der Waals surface area (Å²) in [7, 11) is 3.71. The van der Waals surface area contributed by atoms with Gasteiger partial charge in [0.05, 0.1) is 18.0 Å². The summed E-state index contributed by atoms with van der Waals surface area (Å²) in [5.41, 5.74) is 2.18. The highest BCUT2D eigenvalue weighted by molar-refractivity contribution is 7.17. The molecule has 144 valence electrons. The molecule has 6 nitrogen and oxygen atoms in total. The first-order chi connectivity index (χ1) is 13.6. The fraction of sp³-hybridized carbons (Fsp3) is 0.238. The number of fused-ring (bicyclic) bond motifs is 1. The van der Waals surface area contributed by atoms with Crippen molar-refractivity contribution in [3.8, 4) is 11.6 Å². The molecule has 2 aromatic carbocycles. The van der Waals surface area contributed by atoms with Crippen LogP contribution in [0.25, 0.3) is 4.96 Å². The molecule has 1 unspecified atom stereocenters. The minimum Gasteiger partial charge on any atom is -0.496 e. The molecule has 0 fully saturated rings. The summed E-state index contributed by atoms with van der Waals surface area (Å²) in [4.78, 5) is 8.09. The minimum absolute atomic E-state index is 0.122. The number of aryl methyl sites for hydroxylation is 1. The Balaban J connectivity index is 1.82. The van der Waals surface area contributed by atoms with Crippen LogP contribution in [0.4, 0.5) is 0 Å². The van der Waals surface area contributed by atoms with Crippen LogP contribution in [-0.2, 0) is 6.54 Å². The second kappa shape index (κ2) is 7.61. The van der Waals surface area contributed by atoms with Gasteiger partial charge in [0.2, 0.25) is 10.8 Å². The van der Waals surface area contributed by atoms with E-state index in [2.05, 4.69) is 27.1 Å². The standard InChI is InChI=1S/C21H22N4O2S/c1-14-22-21-25(23-14)20(26)19(28-21)18(16-11-7-8-12-17(16)27-3)24(2)13-15-9-5-4-6-10-15/h4-12,18,26H,13H2,1-3H3. The van der Waals surface area contributed by atoms with Crippen LogP contribution in [-0.4, -0.2) is 38.8 Å². The largest absolute Gasteiger partial charge is 0.496 e. The van der Waals surface area contributed by atoms with Crippen LogP contribution >= 0.6 is 11.3 Å². The average Bonchev–Trinajstić information content (AvgIpc) is 3.21. The Kier molecular flexibility index (Phi) is 5.02. The van der Waals surface area contributed by atoms with Crippen molar-refractivity contribution >= 4 is 16.3 Å². The van der Waals surface area contributed by atoms with Crippen molar-refractivity contribution in [2.24, 2.45) is 0 Å². The van der Waals surface area contributed by atoms with Gasteiger partial charge in [0.1, 0.15) is 11.6 Å². The van der Waals surface area contributed by atoms with Crippen LogP contribution < -0.4 is 4.74 Å². The Morgan fingerprint density at radius 3 is 2.57 bits per heavy atom. The van der Waals surface area contributed by atoms with E-state index in [1.807, 2.05) is 56.4 Å². The summed E-state index contributed by atoms with van der Waals surface area (Å²) in [5, 5.41) is 15.2. The maximum atomic E-state index is 10.9. The molecule has 4 rings (SSSR count). The molecule has 7 heteroatoms. The van der Waals surface area contributed by atoms with Gasteiger partial charge in [0.25, 0.3) is 0 Å². The lowest BCUT2D eigenvalue weighted by molar-refractivity contribution is 0.260. The van der Waals surface area contributed by atoms with Crippen LogP contribution in [0.1, 0.15) is 27.9 Å². The summed E-state index contributed by atoms with van der Waals surface area (Å²) in [6, 6.07) is 18.0. The number of nitrogens with zero attached hydrogens (tertiary/aromatic N) is 4. The monoisotopic (exact) mass is 394 g/mol. The maximum Gasteiger partial charge on any atom is 0.230 e. The molecule has 0 spiro atoms. The zero-order valence-corrected chi connectivity index (χ0v) is 16.8. The summed E-state index contributed by atoms with van der Waals surface area (Å²) < 4.78 is 7.13. The third-order valence-electron chi connectivity index (χ3n) is 4.70. The van der Waals surface area contributed by atoms with E-state index in [0.717, 1.165) is 22.7 Å². The zero-order chi connectivity index (χ0) is 19.7. The first-order valence-electron chi connectivity index (χ1n) is 9.00. The van der Waals surface area contributed by atoms with Crippen LogP contribution in [0, 0.1) is 6.92 Å². The van der Waals surface area contributed by atoms with Crippen LogP contribution in [0.5, 0.6) is 11.6 Å². The Morgan fingerprint density at radius 2 is 1.86 bits per heavy atom. The number of hydrogen-bond acceptors (Lipinski definition) is 6. The number of thiazole rings is 1. The second-order valence-electron chi connectivity index (χ2n) is 6.69. The molecule has 0 aliphatic heterocycles. The SMILES string of the molecule is COc1ccccc1C(c1sc2nc(C)nn2c1O)N(C)Cc1ccccc1. The summed E-state index contributed by atoms with van der Waals surface area (Å²) in [6.07, 6.45) is 0. The molecule has 4 aromatic rings. The van der Waals surface area contributed by atoms with E-state index in [-0.39, 0.29) is 11.9 Å². The van der Waals surface area contributed by atoms with Crippen molar-refractivity contribution in [1.29, 1.82) is 0 Å². The van der Waals surface area contributed by atoms with Gasteiger partial charge < -0.3 is 9.84 Å². The van der Waals surface area contributed by atoms with Crippen LogP contribution in [0.15, 0.2) is 54.6 Å². The number of para-hydroxylation sites is 1. The number of aromatic hydroxyl groups is 1. The third-order valence-corrected chi connectivity index (χ3v) is 5.78. The van der Waals surface area contributed by atoms with Gasteiger partial charge in [-0.2, -0.15) is 4.52 Å². The van der Waals surface area contributed by atoms with Gasteiger partial charge in [-0.1, -0.05) is 59.9 Å². The molecule has 1 atom stereocenters. The second-order valence-corrected chi connectivity index (χ2v) is 7.70. The molecular weight excluding hydrogens is 372 g/mol. The van der Waals surface area contributed by atoms with Crippen molar-refractivity contribution in [3.63, 3.8) is 0 Å². The molecule has 0 radical (unpaired) electrons. The smallest absolute Gasteiger partial charge is 0.230 e. The molecular formula is C21H22N4O2S. The predicted molar refractivity (Wildman–Crippen MR) is 110 cm³/mol. The van der Waals surface area contributed by atoms with Crippen LogP contribution in [0.3, 0.4) is 0 Å². The van der Waals surface area contributed by atoms with Crippen molar-refractivity contribution in [3.05, 3.63) is 76.4 Å². The highest BCUT2D eigenvalue weighted by Crippen LogP contribution is 2.42. The van der Waals surface area contributed by atoms with Gasteiger partial charge in [0.15, 0.2) is 0 Å². The number of rotatable bonds is 6. The van der Waals surface area contributed by atoms with E-state index in [0.29, 0.717) is 10.8 Å². The van der Waals surface area contributed by atoms with Crippen molar-refractivity contribution < 1.29 is 9.84 Å². The molecule has 0 amide bonds. The molecule has 0 saturated carbocycles. The number of aromatic nitrogens is 3. The molecule has 0 saturated heterocycles. The molecule has 2 heterocycles.